The van der Waals surface area contributed by atoms with Gasteiger partial charge in [-0.2, -0.15) is 0 Å². The smallest absolute Gasteiger partial charge is 0.319 e. The van der Waals surface area contributed by atoms with Crippen molar-refractivity contribution in [2.24, 2.45) is 11.8 Å². The second-order valence-corrected chi connectivity index (χ2v) is 7.60. The van der Waals surface area contributed by atoms with Crippen molar-refractivity contribution >= 4 is 17.9 Å². The summed E-state index contributed by atoms with van der Waals surface area (Å²) in [7, 11) is 0. The van der Waals surface area contributed by atoms with Crippen LogP contribution in [0.25, 0.3) is 0 Å². The van der Waals surface area contributed by atoms with Crippen LogP contribution in [0, 0.1) is 11.8 Å². The van der Waals surface area contributed by atoms with Crippen molar-refractivity contribution in [2.75, 3.05) is 39.3 Å². The van der Waals surface area contributed by atoms with Gasteiger partial charge in [-0.25, -0.2) is 4.79 Å². The van der Waals surface area contributed by atoms with E-state index in [4.69, 9.17) is 5.11 Å². The molecule has 0 unspecified atom stereocenters. The summed E-state index contributed by atoms with van der Waals surface area (Å²) in [5, 5.41) is 8.88. The third-order valence-corrected chi connectivity index (χ3v) is 5.88. The highest BCUT2D eigenvalue weighted by atomic mass is 16.4. The van der Waals surface area contributed by atoms with E-state index in [0.717, 1.165) is 51.6 Å². The van der Waals surface area contributed by atoms with E-state index in [1.165, 1.54) is 0 Å². The Morgan fingerprint density at radius 3 is 1.84 bits per heavy atom. The molecule has 1 N–H and O–H groups in total. The van der Waals surface area contributed by atoms with E-state index in [-0.39, 0.29) is 30.2 Å². The first kappa shape index (κ1) is 18.0. The molecule has 140 valence electrons. The zero-order valence-electron chi connectivity index (χ0n) is 14.9. The highest BCUT2D eigenvalue weighted by Gasteiger charge is 2.33. The molecule has 0 bridgehead atoms. The second-order valence-electron chi connectivity index (χ2n) is 7.60. The van der Waals surface area contributed by atoms with E-state index in [2.05, 4.69) is 0 Å². The van der Waals surface area contributed by atoms with Crippen LogP contribution >= 0.6 is 0 Å². The molecule has 3 aliphatic rings. The lowest BCUT2D eigenvalue weighted by atomic mass is 9.90. The minimum Gasteiger partial charge on any atom is -0.481 e. The quantitative estimate of drug-likeness (QED) is 0.838. The Hall–Kier alpha value is -1.79. The zero-order chi connectivity index (χ0) is 17.8. The molecule has 0 spiro atoms. The maximum Gasteiger partial charge on any atom is 0.319 e. The Kier molecular flexibility index (Phi) is 5.81. The van der Waals surface area contributed by atoms with Crippen molar-refractivity contribution in [1.82, 2.24) is 14.7 Å². The lowest BCUT2D eigenvalue weighted by Gasteiger charge is -2.38. The number of carbonyl (C=O) groups is 3. The Labute approximate surface area is 148 Å². The van der Waals surface area contributed by atoms with Crippen molar-refractivity contribution in [2.45, 2.75) is 44.9 Å². The van der Waals surface area contributed by atoms with Crippen LogP contribution in [0.15, 0.2) is 0 Å². The number of urea groups is 1. The number of carboxylic acid groups (broad SMARTS) is 1. The van der Waals surface area contributed by atoms with Crippen LogP contribution in [0.2, 0.25) is 0 Å². The number of rotatable bonds is 3. The molecule has 0 aromatic heterocycles. The van der Waals surface area contributed by atoms with Crippen molar-refractivity contribution in [1.29, 1.82) is 0 Å². The number of nitrogens with zero attached hydrogens (tertiary/aromatic N) is 3. The van der Waals surface area contributed by atoms with Gasteiger partial charge >= 0.3 is 12.0 Å². The minimum atomic E-state index is -0.750. The highest BCUT2D eigenvalue weighted by Crippen LogP contribution is 2.26. The molecule has 0 saturated carbocycles. The number of amides is 3. The van der Waals surface area contributed by atoms with Crippen molar-refractivity contribution in [3.63, 3.8) is 0 Å². The Morgan fingerprint density at radius 2 is 1.28 bits per heavy atom. The van der Waals surface area contributed by atoms with Gasteiger partial charge in [0.05, 0.1) is 0 Å². The van der Waals surface area contributed by atoms with E-state index >= 15 is 0 Å². The molecule has 0 aromatic rings. The minimum absolute atomic E-state index is 0.0126. The molecule has 7 heteroatoms. The first-order valence-corrected chi connectivity index (χ1v) is 9.59. The summed E-state index contributed by atoms with van der Waals surface area (Å²) < 4.78 is 0. The topological polar surface area (TPSA) is 81.2 Å². The van der Waals surface area contributed by atoms with E-state index in [0.29, 0.717) is 26.2 Å². The van der Waals surface area contributed by atoms with Crippen LogP contribution in [0.1, 0.15) is 44.9 Å². The molecule has 0 radical (unpaired) electrons. The van der Waals surface area contributed by atoms with Gasteiger partial charge in [0.25, 0.3) is 0 Å². The SMILES string of the molecule is O=C(O)CC1CCN(C(=O)C2CCN(C(=O)N3CCCC3)CC2)CC1. The van der Waals surface area contributed by atoms with Crippen LogP contribution < -0.4 is 0 Å². The van der Waals surface area contributed by atoms with Crippen molar-refractivity contribution in [3.8, 4) is 0 Å². The van der Waals surface area contributed by atoms with Gasteiger partial charge in [0, 0.05) is 51.6 Å². The van der Waals surface area contributed by atoms with Crippen LogP contribution in [0.5, 0.6) is 0 Å². The summed E-state index contributed by atoms with van der Waals surface area (Å²) in [6.45, 7) is 4.40. The van der Waals surface area contributed by atoms with E-state index in [1.54, 1.807) is 0 Å². The standard InChI is InChI=1S/C18H29N3O4/c22-16(23)13-14-3-9-19(10-4-14)17(24)15-5-11-21(12-6-15)18(25)20-7-1-2-8-20/h14-15H,1-13H2,(H,22,23). The monoisotopic (exact) mass is 351 g/mol. The summed E-state index contributed by atoms with van der Waals surface area (Å²) in [4.78, 5) is 41.6. The molecule has 3 fully saturated rings. The van der Waals surface area contributed by atoms with Gasteiger partial charge in [0.1, 0.15) is 0 Å². The third-order valence-electron chi connectivity index (χ3n) is 5.88. The molecule has 25 heavy (non-hydrogen) atoms. The van der Waals surface area contributed by atoms with Gasteiger partial charge in [-0.15, -0.1) is 0 Å². The third kappa shape index (κ3) is 4.44. The largest absolute Gasteiger partial charge is 0.481 e. The maximum absolute atomic E-state index is 12.7. The summed E-state index contributed by atoms with van der Waals surface area (Å²) in [5.41, 5.74) is 0. The number of piperidine rings is 2. The Bertz CT molecular complexity index is 502. The summed E-state index contributed by atoms with van der Waals surface area (Å²) >= 11 is 0. The normalized spacial score (nSPS) is 23.1. The highest BCUT2D eigenvalue weighted by molar-refractivity contribution is 5.80. The van der Waals surface area contributed by atoms with Crippen LogP contribution in [0.4, 0.5) is 4.79 Å². The molecule has 3 heterocycles. The first-order chi connectivity index (χ1) is 12.0. The van der Waals surface area contributed by atoms with Crippen molar-refractivity contribution in [3.05, 3.63) is 0 Å². The molecule has 3 rings (SSSR count). The molecule has 0 aliphatic carbocycles. The molecule has 3 amide bonds. The van der Waals surface area contributed by atoms with Gasteiger partial charge in [-0.3, -0.25) is 9.59 Å². The fourth-order valence-electron chi connectivity index (χ4n) is 4.29. The van der Waals surface area contributed by atoms with Gasteiger partial charge in [-0.1, -0.05) is 0 Å². The second kappa shape index (κ2) is 8.06. The van der Waals surface area contributed by atoms with Crippen LogP contribution in [-0.2, 0) is 9.59 Å². The molecule has 0 atom stereocenters. The molecular weight excluding hydrogens is 322 g/mol. The lowest BCUT2D eigenvalue weighted by molar-refractivity contribution is -0.140. The lowest BCUT2D eigenvalue weighted by Crippen LogP contribution is -2.49. The average Bonchev–Trinajstić information content (AvgIpc) is 3.15. The van der Waals surface area contributed by atoms with Gasteiger partial charge in [-0.05, 0) is 44.4 Å². The number of hydrogen-bond acceptors (Lipinski definition) is 3. The van der Waals surface area contributed by atoms with Gasteiger partial charge in [0.15, 0.2) is 0 Å². The number of hydrogen-bond donors (Lipinski definition) is 1. The molecular formula is C18H29N3O4. The molecule has 3 aliphatic heterocycles. The zero-order valence-corrected chi connectivity index (χ0v) is 14.9. The molecule has 3 saturated heterocycles. The first-order valence-electron chi connectivity index (χ1n) is 9.59. The summed E-state index contributed by atoms with van der Waals surface area (Å²) in [6, 6.07) is 0.137. The predicted octanol–water partition coefficient (Wildman–Crippen LogP) is 1.63. The molecule has 7 nitrogen and oxygen atoms in total. The average molecular weight is 351 g/mol. The number of carbonyl (C=O) groups excluding carboxylic acids is 2. The van der Waals surface area contributed by atoms with E-state index in [1.807, 2.05) is 14.7 Å². The maximum atomic E-state index is 12.7. The van der Waals surface area contributed by atoms with Crippen LogP contribution in [0.3, 0.4) is 0 Å². The predicted molar refractivity (Wildman–Crippen MR) is 92.1 cm³/mol. The number of carboxylic acids is 1. The fraction of sp³-hybridized carbons (Fsp3) is 0.833. The van der Waals surface area contributed by atoms with Gasteiger partial charge < -0.3 is 19.8 Å². The van der Waals surface area contributed by atoms with E-state index < -0.39 is 5.97 Å². The van der Waals surface area contributed by atoms with Gasteiger partial charge in [0.2, 0.25) is 5.91 Å². The Morgan fingerprint density at radius 1 is 0.760 bits per heavy atom. The van der Waals surface area contributed by atoms with Crippen LogP contribution in [-0.4, -0.2) is 77.0 Å². The van der Waals surface area contributed by atoms with Crippen molar-refractivity contribution < 1.29 is 19.5 Å². The summed E-state index contributed by atoms with van der Waals surface area (Å²) in [6.07, 6.45) is 5.45. The Balaban J connectivity index is 1.42. The fourth-order valence-corrected chi connectivity index (χ4v) is 4.29. The summed E-state index contributed by atoms with van der Waals surface area (Å²) in [5.74, 6) is -0.345. The number of aliphatic carboxylic acids is 1. The molecule has 0 aromatic carbocycles. The number of likely N-dealkylation sites (tertiary alicyclic amines) is 3. The van der Waals surface area contributed by atoms with E-state index in [9.17, 15) is 14.4 Å².